The van der Waals surface area contributed by atoms with Crippen LogP contribution in [0.3, 0.4) is 0 Å². The Hall–Kier alpha value is -2.93. The maximum Gasteiger partial charge on any atom is 0.261 e. The van der Waals surface area contributed by atoms with E-state index >= 15 is 0 Å². The van der Waals surface area contributed by atoms with Crippen LogP contribution < -0.4 is 11.1 Å². The second-order valence-electron chi connectivity index (χ2n) is 7.18. The third-order valence-electron chi connectivity index (χ3n) is 5.18. The van der Waals surface area contributed by atoms with Gasteiger partial charge in [-0.2, -0.15) is 0 Å². The van der Waals surface area contributed by atoms with Crippen LogP contribution in [0.5, 0.6) is 0 Å². The lowest BCUT2D eigenvalue weighted by atomic mass is 9.92. The van der Waals surface area contributed by atoms with Crippen molar-refractivity contribution in [3.05, 3.63) is 35.4 Å². The Morgan fingerprint density at radius 2 is 1.70 bits per heavy atom. The van der Waals surface area contributed by atoms with Gasteiger partial charge in [0, 0.05) is 36.8 Å². The lowest BCUT2D eigenvalue weighted by Gasteiger charge is -2.29. The number of anilines is 2. The van der Waals surface area contributed by atoms with Crippen LogP contribution in [0.4, 0.5) is 11.4 Å². The van der Waals surface area contributed by atoms with Crippen molar-refractivity contribution in [3.63, 3.8) is 0 Å². The van der Waals surface area contributed by atoms with E-state index in [9.17, 15) is 14.4 Å². The number of hydrogen-bond acceptors (Lipinski definition) is 5. The van der Waals surface area contributed by atoms with Crippen LogP contribution in [0, 0.1) is 0 Å². The summed E-state index contributed by atoms with van der Waals surface area (Å²) in [5, 5.41) is 3.99. The first-order valence-corrected chi connectivity index (χ1v) is 9.17. The summed E-state index contributed by atoms with van der Waals surface area (Å²) >= 11 is 0. The number of carbonyl (C=O) groups excluding carboxylic acids is 3. The molecule has 7 nitrogen and oxygen atoms in total. The molecule has 3 N–H and O–H groups in total. The maximum absolute atomic E-state index is 13.1. The Kier molecular flexibility index (Phi) is 4.31. The highest BCUT2D eigenvalue weighted by molar-refractivity contribution is 6.26. The fourth-order valence-corrected chi connectivity index (χ4v) is 3.99. The summed E-state index contributed by atoms with van der Waals surface area (Å²) in [5.74, 6) is -0.860. The molecule has 2 aromatic rings. The van der Waals surface area contributed by atoms with E-state index < -0.39 is 0 Å². The number of rotatable bonds is 4. The zero-order chi connectivity index (χ0) is 19.1. The summed E-state index contributed by atoms with van der Waals surface area (Å²) in [7, 11) is 0. The number of benzene rings is 2. The van der Waals surface area contributed by atoms with Gasteiger partial charge in [0.05, 0.1) is 11.1 Å². The van der Waals surface area contributed by atoms with E-state index in [1.165, 1.54) is 11.8 Å². The van der Waals surface area contributed by atoms with Gasteiger partial charge in [0.2, 0.25) is 5.91 Å². The lowest BCUT2D eigenvalue weighted by Crippen LogP contribution is -2.44. The quantitative estimate of drug-likeness (QED) is 0.638. The minimum absolute atomic E-state index is 0.226. The van der Waals surface area contributed by atoms with E-state index in [1.54, 1.807) is 24.3 Å². The molecule has 0 bridgehead atoms. The molecule has 0 spiro atoms. The van der Waals surface area contributed by atoms with Crippen molar-refractivity contribution in [1.29, 1.82) is 0 Å². The van der Waals surface area contributed by atoms with Gasteiger partial charge in [0.25, 0.3) is 11.8 Å². The van der Waals surface area contributed by atoms with Crippen molar-refractivity contribution in [3.8, 4) is 0 Å². The third kappa shape index (κ3) is 3.14. The molecular weight excluding hydrogens is 344 g/mol. The van der Waals surface area contributed by atoms with Crippen LogP contribution in [0.1, 0.15) is 40.5 Å². The number of nitrogens with two attached hydrogens (primary N) is 1. The van der Waals surface area contributed by atoms with Crippen molar-refractivity contribution in [2.24, 2.45) is 0 Å². The molecule has 2 heterocycles. The fraction of sp³-hybridized carbons (Fsp3) is 0.350. The molecule has 0 aromatic heterocycles. The standard InChI is InChI=1S/C20H22N4O3/c1-12(25)22-15-9-13-8-14(21)10-16-18(13)17(11-15)20(27)24(19(16)26)7-6-23-4-2-3-5-23/h8-11H,2-7,21H2,1H3,(H,22,25). The largest absolute Gasteiger partial charge is 0.399 e. The summed E-state index contributed by atoms with van der Waals surface area (Å²) in [5.41, 5.74) is 7.82. The molecule has 0 saturated carbocycles. The number of hydrogen-bond donors (Lipinski definition) is 2. The van der Waals surface area contributed by atoms with E-state index in [0.717, 1.165) is 25.9 Å². The summed E-state index contributed by atoms with van der Waals surface area (Å²) in [4.78, 5) is 41.1. The summed E-state index contributed by atoms with van der Waals surface area (Å²) in [6.45, 7) is 4.43. The van der Waals surface area contributed by atoms with Crippen molar-refractivity contribution >= 4 is 39.9 Å². The molecular formula is C20H22N4O3. The van der Waals surface area contributed by atoms with Gasteiger partial charge in [-0.1, -0.05) is 0 Å². The third-order valence-corrected chi connectivity index (χ3v) is 5.18. The Morgan fingerprint density at radius 1 is 1.04 bits per heavy atom. The van der Waals surface area contributed by atoms with Crippen LogP contribution in [0.25, 0.3) is 10.8 Å². The zero-order valence-electron chi connectivity index (χ0n) is 15.2. The maximum atomic E-state index is 13.1. The van der Waals surface area contributed by atoms with E-state index in [4.69, 9.17) is 5.73 Å². The molecule has 0 aliphatic carbocycles. The molecule has 140 valence electrons. The van der Waals surface area contributed by atoms with Gasteiger partial charge in [-0.15, -0.1) is 0 Å². The molecule has 1 fully saturated rings. The van der Waals surface area contributed by atoms with Crippen molar-refractivity contribution in [2.45, 2.75) is 19.8 Å². The number of imide groups is 1. The normalized spacial score (nSPS) is 17.0. The van der Waals surface area contributed by atoms with Crippen LogP contribution >= 0.6 is 0 Å². The summed E-state index contributed by atoms with van der Waals surface area (Å²) < 4.78 is 0. The Labute approximate surface area is 157 Å². The molecule has 2 aromatic carbocycles. The molecule has 0 radical (unpaired) electrons. The first-order chi connectivity index (χ1) is 12.9. The van der Waals surface area contributed by atoms with Gasteiger partial charge in [-0.3, -0.25) is 19.3 Å². The van der Waals surface area contributed by atoms with Crippen LogP contribution in [0.2, 0.25) is 0 Å². The molecule has 27 heavy (non-hydrogen) atoms. The van der Waals surface area contributed by atoms with Gasteiger partial charge >= 0.3 is 0 Å². The Balaban J connectivity index is 1.76. The number of amides is 3. The summed E-state index contributed by atoms with van der Waals surface area (Å²) in [6.07, 6.45) is 2.31. The number of likely N-dealkylation sites (tertiary alicyclic amines) is 1. The van der Waals surface area contributed by atoms with Crippen molar-refractivity contribution < 1.29 is 14.4 Å². The van der Waals surface area contributed by atoms with Crippen LogP contribution in [-0.4, -0.2) is 53.7 Å². The first kappa shape index (κ1) is 17.5. The highest BCUT2D eigenvalue weighted by Gasteiger charge is 2.33. The smallest absolute Gasteiger partial charge is 0.261 e. The second kappa shape index (κ2) is 6.66. The van der Waals surface area contributed by atoms with Gasteiger partial charge in [-0.25, -0.2) is 0 Å². The predicted octanol–water partition coefficient (Wildman–Crippen LogP) is 2.07. The molecule has 3 amide bonds. The molecule has 0 unspecified atom stereocenters. The predicted molar refractivity (Wildman–Crippen MR) is 104 cm³/mol. The monoisotopic (exact) mass is 366 g/mol. The number of nitrogens with one attached hydrogen (secondary N) is 1. The molecule has 2 aliphatic heterocycles. The summed E-state index contributed by atoms with van der Waals surface area (Å²) in [6, 6.07) is 6.72. The number of carbonyl (C=O) groups is 3. The topological polar surface area (TPSA) is 95.7 Å². The van der Waals surface area contributed by atoms with Crippen molar-refractivity contribution in [2.75, 3.05) is 37.2 Å². The van der Waals surface area contributed by atoms with E-state index in [2.05, 4.69) is 10.2 Å². The van der Waals surface area contributed by atoms with Gasteiger partial charge < -0.3 is 16.0 Å². The van der Waals surface area contributed by atoms with Crippen LogP contribution in [0.15, 0.2) is 24.3 Å². The second-order valence-corrected chi connectivity index (χ2v) is 7.18. The highest BCUT2D eigenvalue weighted by atomic mass is 16.2. The molecule has 2 aliphatic rings. The van der Waals surface area contributed by atoms with Gasteiger partial charge in [0.1, 0.15) is 0 Å². The van der Waals surface area contributed by atoms with Gasteiger partial charge in [-0.05, 0) is 55.6 Å². The molecule has 0 atom stereocenters. The molecule has 4 rings (SSSR count). The van der Waals surface area contributed by atoms with E-state index in [1.807, 2.05) is 0 Å². The Bertz CT molecular complexity index is 963. The Morgan fingerprint density at radius 3 is 2.37 bits per heavy atom. The average Bonchev–Trinajstić information content (AvgIpc) is 3.11. The molecule has 1 saturated heterocycles. The zero-order valence-corrected chi connectivity index (χ0v) is 15.2. The lowest BCUT2D eigenvalue weighted by molar-refractivity contribution is -0.114. The average molecular weight is 366 g/mol. The van der Waals surface area contributed by atoms with E-state index in [0.29, 0.717) is 46.4 Å². The number of nitrogen functional groups attached to an aromatic ring is 1. The van der Waals surface area contributed by atoms with E-state index in [-0.39, 0.29) is 17.7 Å². The van der Waals surface area contributed by atoms with Gasteiger partial charge in [0.15, 0.2) is 0 Å². The first-order valence-electron chi connectivity index (χ1n) is 9.17. The highest BCUT2D eigenvalue weighted by Crippen LogP contribution is 2.34. The SMILES string of the molecule is CC(=O)Nc1cc2c3c(cc(N)cc3c1)C(=O)N(CCN1CCCC1)C2=O. The van der Waals surface area contributed by atoms with Crippen molar-refractivity contribution in [1.82, 2.24) is 9.80 Å². The van der Waals surface area contributed by atoms with Crippen LogP contribution in [-0.2, 0) is 4.79 Å². The molecule has 7 heteroatoms. The fourth-order valence-electron chi connectivity index (χ4n) is 3.99. The minimum atomic E-state index is -0.325. The number of nitrogens with zero attached hydrogens (tertiary/aromatic N) is 2. The minimum Gasteiger partial charge on any atom is -0.399 e.